The molecular weight excluding hydrogens is 299 g/mol. The molecule has 126 valence electrons. The molecule has 1 unspecified atom stereocenters. The Labute approximate surface area is 135 Å². The van der Waals surface area contributed by atoms with Crippen LogP contribution in [0.15, 0.2) is 24.3 Å². The number of likely N-dealkylation sites (tertiary alicyclic amines) is 1. The fourth-order valence-electron chi connectivity index (χ4n) is 2.87. The largest absolute Gasteiger partial charge is 0.481 e. The molecule has 1 aliphatic rings. The van der Waals surface area contributed by atoms with Crippen LogP contribution in [0, 0.1) is 5.82 Å². The van der Waals surface area contributed by atoms with Gasteiger partial charge < -0.3 is 10.4 Å². The first kappa shape index (κ1) is 17.4. The predicted octanol–water partition coefficient (Wildman–Crippen LogP) is 2.16. The van der Waals surface area contributed by atoms with Gasteiger partial charge in [-0.3, -0.25) is 14.5 Å². The number of carbonyl (C=O) groups is 2. The number of rotatable bonds is 7. The van der Waals surface area contributed by atoms with Crippen molar-refractivity contribution in [1.29, 1.82) is 0 Å². The van der Waals surface area contributed by atoms with Crippen molar-refractivity contribution in [2.24, 2.45) is 0 Å². The summed E-state index contributed by atoms with van der Waals surface area (Å²) in [5, 5.41) is 11.4. The molecule has 1 amide bonds. The average Bonchev–Trinajstić information content (AvgIpc) is 2.54. The molecule has 0 aliphatic carbocycles. The minimum absolute atomic E-state index is 0.0443. The van der Waals surface area contributed by atoms with Gasteiger partial charge in [-0.1, -0.05) is 18.6 Å². The third-order valence-corrected chi connectivity index (χ3v) is 4.08. The number of carbonyl (C=O) groups excluding carboxylic acids is 1. The maximum Gasteiger partial charge on any atom is 0.303 e. The van der Waals surface area contributed by atoms with E-state index in [2.05, 4.69) is 10.2 Å². The van der Waals surface area contributed by atoms with Gasteiger partial charge in [0.2, 0.25) is 5.91 Å². The lowest BCUT2D eigenvalue weighted by molar-refractivity contribution is -0.137. The Balaban J connectivity index is 1.88. The summed E-state index contributed by atoms with van der Waals surface area (Å²) in [6.07, 6.45) is 3.35. The Morgan fingerprint density at radius 2 is 2.00 bits per heavy atom. The van der Waals surface area contributed by atoms with Crippen LogP contribution < -0.4 is 5.32 Å². The lowest BCUT2D eigenvalue weighted by Crippen LogP contribution is -2.49. The number of aliphatic carboxylic acids is 1. The predicted molar refractivity (Wildman–Crippen MR) is 84.3 cm³/mol. The van der Waals surface area contributed by atoms with Crippen molar-refractivity contribution >= 4 is 11.9 Å². The molecule has 0 aromatic heterocycles. The van der Waals surface area contributed by atoms with Crippen LogP contribution in [0.4, 0.5) is 4.39 Å². The summed E-state index contributed by atoms with van der Waals surface area (Å²) in [4.78, 5) is 24.9. The number of benzene rings is 1. The molecular formula is C17H23FN2O3. The Hall–Kier alpha value is -1.95. The zero-order chi connectivity index (χ0) is 16.7. The molecule has 1 heterocycles. The molecule has 0 radical (unpaired) electrons. The molecule has 1 aromatic carbocycles. The SMILES string of the molecule is O=C(O)CCCNC(=O)C1CCCCN1Cc1ccc(F)cc1. The highest BCUT2D eigenvalue weighted by Gasteiger charge is 2.28. The maximum atomic E-state index is 13.0. The molecule has 5 nitrogen and oxygen atoms in total. The van der Waals surface area contributed by atoms with E-state index in [0.29, 0.717) is 19.5 Å². The first-order chi connectivity index (χ1) is 11.1. The molecule has 6 heteroatoms. The van der Waals surface area contributed by atoms with Gasteiger partial charge in [-0.2, -0.15) is 0 Å². The van der Waals surface area contributed by atoms with E-state index < -0.39 is 5.97 Å². The van der Waals surface area contributed by atoms with Gasteiger partial charge in [0.05, 0.1) is 6.04 Å². The summed E-state index contributed by atoms with van der Waals surface area (Å²) in [6.45, 7) is 1.84. The van der Waals surface area contributed by atoms with Crippen LogP contribution in [-0.4, -0.2) is 41.0 Å². The van der Waals surface area contributed by atoms with Crippen molar-refractivity contribution in [2.45, 2.75) is 44.7 Å². The minimum Gasteiger partial charge on any atom is -0.481 e. The van der Waals surface area contributed by atoms with Crippen LogP contribution in [-0.2, 0) is 16.1 Å². The highest BCUT2D eigenvalue weighted by atomic mass is 19.1. The van der Waals surface area contributed by atoms with Crippen LogP contribution in [0.5, 0.6) is 0 Å². The second kappa shape index (κ2) is 8.62. The van der Waals surface area contributed by atoms with Gasteiger partial charge >= 0.3 is 5.97 Å². The van der Waals surface area contributed by atoms with E-state index in [1.54, 1.807) is 12.1 Å². The van der Waals surface area contributed by atoms with Gasteiger partial charge in [0, 0.05) is 19.5 Å². The van der Waals surface area contributed by atoms with E-state index in [9.17, 15) is 14.0 Å². The van der Waals surface area contributed by atoms with Crippen molar-refractivity contribution in [2.75, 3.05) is 13.1 Å². The van der Waals surface area contributed by atoms with Crippen molar-refractivity contribution in [1.82, 2.24) is 10.2 Å². The van der Waals surface area contributed by atoms with Crippen LogP contribution >= 0.6 is 0 Å². The average molecular weight is 322 g/mol. The van der Waals surface area contributed by atoms with Crippen molar-refractivity contribution in [3.63, 3.8) is 0 Å². The molecule has 0 spiro atoms. The molecule has 1 fully saturated rings. The standard InChI is InChI=1S/C17H23FN2O3/c18-14-8-6-13(7-9-14)12-20-11-2-1-4-15(20)17(23)19-10-3-5-16(21)22/h6-9,15H,1-5,10-12H2,(H,19,23)(H,21,22). The first-order valence-electron chi connectivity index (χ1n) is 8.04. The summed E-state index contributed by atoms with van der Waals surface area (Å²) in [5.41, 5.74) is 0.983. The highest BCUT2D eigenvalue weighted by molar-refractivity contribution is 5.81. The fourth-order valence-corrected chi connectivity index (χ4v) is 2.87. The number of halogens is 1. The van der Waals surface area contributed by atoms with Crippen LogP contribution in [0.1, 0.15) is 37.7 Å². The second-order valence-electron chi connectivity index (χ2n) is 5.90. The summed E-state index contributed by atoms with van der Waals surface area (Å²) >= 11 is 0. The molecule has 1 saturated heterocycles. The number of amides is 1. The van der Waals surface area contributed by atoms with Gasteiger partial charge in [0.15, 0.2) is 0 Å². The summed E-state index contributed by atoms with van der Waals surface area (Å²) in [5.74, 6) is -1.16. The van der Waals surface area contributed by atoms with Gasteiger partial charge in [0.1, 0.15) is 5.82 Å². The Morgan fingerprint density at radius 1 is 1.26 bits per heavy atom. The summed E-state index contributed by atoms with van der Waals surface area (Å²) < 4.78 is 13.0. The number of nitrogens with zero attached hydrogens (tertiary/aromatic N) is 1. The molecule has 0 bridgehead atoms. The highest BCUT2D eigenvalue weighted by Crippen LogP contribution is 2.20. The van der Waals surface area contributed by atoms with Crippen molar-refractivity contribution < 1.29 is 19.1 Å². The normalized spacial score (nSPS) is 18.6. The number of piperidine rings is 1. The molecule has 1 aliphatic heterocycles. The first-order valence-corrected chi connectivity index (χ1v) is 8.04. The van der Waals surface area contributed by atoms with Gasteiger partial charge in [0.25, 0.3) is 0 Å². The minimum atomic E-state index is -0.852. The van der Waals surface area contributed by atoms with Gasteiger partial charge in [-0.25, -0.2) is 4.39 Å². The smallest absolute Gasteiger partial charge is 0.303 e. The third kappa shape index (κ3) is 5.63. The van der Waals surface area contributed by atoms with E-state index >= 15 is 0 Å². The number of hydrogen-bond acceptors (Lipinski definition) is 3. The third-order valence-electron chi connectivity index (χ3n) is 4.08. The fraction of sp³-hybridized carbons (Fsp3) is 0.529. The molecule has 1 aromatic rings. The Bertz CT molecular complexity index is 533. The second-order valence-corrected chi connectivity index (χ2v) is 5.90. The zero-order valence-electron chi connectivity index (χ0n) is 13.1. The Morgan fingerprint density at radius 3 is 2.70 bits per heavy atom. The van der Waals surface area contributed by atoms with E-state index in [1.807, 2.05) is 0 Å². The van der Waals surface area contributed by atoms with Crippen LogP contribution in [0.2, 0.25) is 0 Å². The number of carboxylic acids is 1. The van der Waals surface area contributed by atoms with Crippen LogP contribution in [0.3, 0.4) is 0 Å². The molecule has 0 saturated carbocycles. The summed E-state index contributed by atoms with van der Waals surface area (Å²) in [7, 11) is 0. The lowest BCUT2D eigenvalue weighted by atomic mass is 10.0. The molecule has 23 heavy (non-hydrogen) atoms. The molecule has 2 N–H and O–H groups in total. The summed E-state index contributed by atoms with van der Waals surface area (Å²) in [6, 6.07) is 6.15. The van der Waals surface area contributed by atoms with Crippen molar-refractivity contribution in [3.8, 4) is 0 Å². The van der Waals surface area contributed by atoms with Crippen LogP contribution in [0.25, 0.3) is 0 Å². The Kier molecular flexibility index (Phi) is 6.52. The lowest BCUT2D eigenvalue weighted by Gasteiger charge is -2.34. The van der Waals surface area contributed by atoms with Gasteiger partial charge in [-0.05, 0) is 43.5 Å². The number of hydrogen-bond donors (Lipinski definition) is 2. The maximum absolute atomic E-state index is 13.0. The topological polar surface area (TPSA) is 69.6 Å². The van der Waals surface area contributed by atoms with E-state index in [1.165, 1.54) is 12.1 Å². The van der Waals surface area contributed by atoms with E-state index in [4.69, 9.17) is 5.11 Å². The van der Waals surface area contributed by atoms with Gasteiger partial charge in [-0.15, -0.1) is 0 Å². The van der Waals surface area contributed by atoms with E-state index in [-0.39, 0.29) is 24.2 Å². The zero-order valence-corrected chi connectivity index (χ0v) is 13.1. The van der Waals surface area contributed by atoms with Crippen molar-refractivity contribution in [3.05, 3.63) is 35.6 Å². The quantitative estimate of drug-likeness (QED) is 0.755. The monoisotopic (exact) mass is 322 g/mol. The molecule has 2 rings (SSSR count). The molecule has 1 atom stereocenters. The number of nitrogens with one attached hydrogen (secondary N) is 1. The van der Waals surface area contributed by atoms with E-state index in [0.717, 1.165) is 31.4 Å². The number of carboxylic acid groups (broad SMARTS) is 1.